The van der Waals surface area contributed by atoms with Gasteiger partial charge in [0.15, 0.2) is 6.04 Å². The van der Waals surface area contributed by atoms with E-state index < -0.39 is 6.04 Å². The molecule has 1 aromatic carbocycles. The predicted octanol–water partition coefficient (Wildman–Crippen LogP) is 4.54. The molecule has 0 radical (unpaired) electrons. The Morgan fingerprint density at radius 2 is 2.25 bits per heavy atom. The third kappa shape index (κ3) is 3.61. The Morgan fingerprint density at radius 3 is 2.85 bits per heavy atom. The van der Waals surface area contributed by atoms with E-state index in [0.29, 0.717) is 6.61 Å². The second-order valence-corrected chi connectivity index (χ2v) is 6.13. The monoisotopic (exact) mass is 353 g/mol. The first-order chi connectivity index (χ1) is 9.61. The normalized spacial score (nSPS) is 11.9. The topological polar surface area (TPSA) is 38.3 Å². The number of ether oxygens (including phenoxy) is 1. The Morgan fingerprint density at radius 1 is 1.45 bits per heavy atom. The summed E-state index contributed by atoms with van der Waals surface area (Å²) >= 11 is 5.00. The molecular weight excluding hydrogens is 338 g/mol. The molecule has 0 fully saturated rings. The summed E-state index contributed by atoms with van der Waals surface area (Å²) in [5.74, 6) is -0.267. The number of hydrogen-bond donors (Lipinski definition) is 1. The molecule has 0 aliphatic rings. The van der Waals surface area contributed by atoms with Crippen LogP contribution < -0.4 is 5.32 Å². The molecule has 2 rings (SSSR count). The average molecular weight is 354 g/mol. The van der Waals surface area contributed by atoms with E-state index in [2.05, 4.69) is 21.2 Å². The number of carbonyl (C=O) groups is 1. The maximum absolute atomic E-state index is 12.2. The van der Waals surface area contributed by atoms with E-state index >= 15 is 0 Å². The summed E-state index contributed by atoms with van der Waals surface area (Å²) in [5.41, 5.74) is 2.05. The Kier molecular flexibility index (Phi) is 5.20. The number of rotatable bonds is 5. The summed E-state index contributed by atoms with van der Waals surface area (Å²) in [6.45, 7) is 4.20. The van der Waals surface area contributed by atoms with Crippen molar-refractivity contribution in [2.24, 2.45) is 0 Å². The summed E-state index contributed by atoms with van der Waals surface area (Å²) in [5, 5.41) is 5.20. The molecule has 1 N–H and O–H groups in total. The lowest BCUT2D eigenvalue weighted by molar-refractivity contribution is -0.144. The van der Waals surface area contributed by atoms with Gasteiger partial charge in [-0.3, -0.25) is 0 Å². The minimum atomic E-state index is -0.494. The molecule has 2 aromatic rings. The van der Waals surface area contributed by atoms with Crippen LogP contribution in [0.4, 0.5) is 5.69 Å². The SMILES string of the molecule is CCOC(=O)C(Nc1cccc(C)c1)c1sccc1Br. The van der Waals surface area contributed by atoms with E-state index in [-0.39, 0.29) is 5.97 Å². The lowest BCUT2D eigenvalue weighted by Gasteiger charge is -2.18. The maximum Gasteiger partial charge on any atom is 0.334 e. The molecule has 20 heavy (non-hydrogen) atoms. The predicted molar refractivity (Wildman–Crippen MR) is 86.2 cm³/mol. The molecule has 1 heterocycles. The van der Waals surface area contributed by atoms with Crippen LogP contribution in [0.25, 0.3) is 0 Å². The van der Waals surface area contributed by atoms with E-state index in [1.165, 1.54) is 11.3 Å². The fourth-order valence-electron chi connectivity index (χ4n) is 1.87. The number of nitrogens with one attached hydrogen (secondary N) is 1. The Bertz CT molecular complexity index is 597. The lowest BCUT2D eigenvalue weighted by atomic mass is 10.2. The van der Waals surface area contributed by atoms with Gasteiger partial charge in [-0.15, -0.1) is 11.3 Å². The van der Waals surface area contributed by atoms with Gasteiger partial charge in [0.2, 0.25) is 0 Å². The fourth-order valence-corrected chi connectivity index (χ4v) is 3.51. The highest BCUT2D eigenvalue weighted by Gasteiger charge is 2.25. The summed E-state index contributed by atoms with van der Waals surface area (Å²) in [4.78, 5) is 13.1. The van der Waals surface area contributed by atoms with Crippen molar-refractivity contribution < 1.29 is 9.53 Å². The zero-order valence-electron chi connectivity index (χ0n) is 11.4. The Hall–Kier alpha value is -1.33. The zero-order chi connectivity index (χ0) is 14.5. The van der Waals surface area contributed by atoms with Crippen molar-refractivity contribution in [1.82, 2.24) is 0 Å². The van der Waals surface area contributed by atoms with Crippen LogP contribution in [-0.2, 0) is 9.53 Å². The van der Waals surface area contributed by atoms with E-state index in [1.54, 1.807) is 0 Å². The highest BCUT2D eigenvalue weighted by atomic mass is 79.9. The second kappa shape index (κ2) is 6.90. The van der Waals surface area contributed by atoms with Gasteiger partial charge < -0.3 is 10.1 Å². The fraction of sp³-hybridized carbons (Fsp3) is 0.267. The van der Waals surface area contributed by atoms with Crippen molar-refractivity contribution in [3.05, 3.63) is 50.6 Å². The average Bonchev–Trinajstić information content (AvgIpc) is 2.82. The van der Waals surface area contributed by atoms with Crippen LogP contribution in [0.1, 0.15) is 23.4 Å². The molecule has 3 nitrogen and oxygen atoms in total. The van der Waals surface area contributed by atoms with Gasteiger partial charge in [-0.05, 0) is 58.9 Å². The molecule has 0 saturated carbocycles. The van der Waals surface area contributed by atoms with E-state index in [1.807, 2.05) is 49.6 Å². The first-order valence-electron chi connectivity index (χ1n) is 6.34. The van der Waals surface area contributed by atoms with E-state index in [0.717, 1.165) is 20.6 Å². The highest BCUT2D eigenvalue weighted by molar-refractivity contribution is 9.10. The minimum absolute atomic E-state index is 0.267. The highest BCUT2D eigenvalue weighted by Crippen LogP contribution is 2.32. The van der Waals surface area contributed by atoms with Gasteiger partial charge in [0, 0.05) is 10.2 Å². The number of benzene rings is 1. The largest absolute Gasteiger partial charge is 0.464 e. The van der Waals surface area contributed by atoms with Crippen molar-refractivity contribution >= 4 is 38.9 Å². The van der Waals surface area contributed by atoms with Gasteiger partial charge in [0.25, 0.3) is 0 Å². The third-order valence-corrected chi connectivity index (χ3v) is 4.69. The Balaban J connectivity index is 2.28. The number of aryl methyl sites for hydroxylation is 1. The Labute approximate surface area is 131 Å². The van der Waals surface area contributed by atoms with Gasteiger partial charge in [-0.25, -0.2) is 4.79 Å². The van der Waals surface area contributed by atoms with Crippen LogP contribution >= 0.6 is 27.3 Å². The molecule has 1 atom stereocenters. The van der Waals surface area contributed by atoms with Crippen LogP contribution in [0.15, 0.2) is 40.2 Å². The number of hydrogen-bond acceptors (Lipinski definition) is 4. The van der Waals surface area contributed by atoms with Crippen molar-refractivity contribution in [2.45, 2.75) is 19.9 Å². The summed E-state index contributed by atoms with van der Waals surface area (Å²) in [7, 11) is 0. The van der Waals surface area contributed by atoms with Crippen LogP contribution in [0, 0.1) is 6.92 Å². The van der Waals surface area contributed by atoms with Crippen molar-refractivity contribution in [1.29, 1.82) is 0 Å². The summed E-state index contributed by atoms with van der Waals surface area (Å²) in [6.07, 6.45) is 0. The van der Waals surface area contributed by atoms with E-state index in [4.69, 9.17) is 4.74 Å². The molecule has 106 valence electrons. The molecule has 0 saturated heterocycles. The van der Waals surface area contributed by atoms with Crippen LogP contribution in [0.3, 0.4) is 0 Å². The van der Waals surface area contributed by atoms with Gasteiger partial charge in [0.05, 0.1) is 11.5 Å². The molecule has 0 amide bonds. The van der Waals surface area contributed by atoms with Crippen molar-refractivity contribution in [3.63, 3.8) is 0 Å². The van der Waals surface area contributed by atoms with Gasteiger partial charge >= 0.3 is 5.97 Å². The van der Waals surface area contributed by atoms with Crippen LogP contribution in [-0.4, -0.2) is 12.6 Å². The van der Waals surface area contributed by atoms with Gasteiger partial charge in [-0.1, -0.05) is 12.1 Å². The number of halogens is 1. The molecule has 5 heteroatoms. The molecular formula is C15H16BrNO2S. The molecule has 1 unspecified atom stereocenters. The molecule has 1 aromatic heterocycles. The quantitative estimate of drug-likeness (QED) is 0.802. The van der Waals surface area contributed by atoms with Gasteiger partial charge in [-0.2, -0.15) is 0 Å². The van der Waals surface area contributed by atoms with Gasteiger partial charge in [0.1, 0.15) is 0 Å². The van der Waals surface area contributed by atoms with Crippen LogP contribution in [0.5, 0.6) is 0 Å². The molecule has 0 bridgehead atoms. The molecule has 0 spiro atoms. The summed E-state index contributed by atoms with van der Waals surface area (Å²) in [6, 6.07) is 9.37. The van der Waals surface area contributed by atoms with Crippen molar-refractivity contribution in [3.8, 4) is 0 Å². The molecule has 0 aliphatic heterocycles. The number of carbonyl (C=O) groups excluding carboxylic acids is 1. The first-order valence-corrected chi connectivity index (χ1v) is 8.01. The number of anilines is 1. The lowest BCUT2D eigenvalue weighted by Crippen LogP contribution is -2.22. The zero-order valence-corrected chi connectivity index (χ0v) is 13.8. The molecule has 0 aliphatic carbocycles. The minimum Gasteiger partial charge on any atom is -0.464 e. The van der Waals surface area contributed by atoms with E-state index in [9.17, 15) is 4.79 Å². The number of esters is 1. The standard InChI is InChI=1S/C15H16BrNO2S/c1-3-19-15(18)13(14-12(16)7-8-20-14)17-11-6-4-5-10(2)9-11/h4-9,13,17H,3H2,1-2H3. The smallest absolute Gasteiger partial charge is 0.334 e. The first kappa shape index (κ1) is 15.1. The maximum atomic E-state index is 12.2. The van der Waals surface area contributed by atoms with Crippen molar-refractivity contribution in [2.75, 3.05) is 11.9 Å². The number of thiophene rings is 1. The van der Waals surface area contributed by atoms with Crippen LogP contribution in [0.2, 0.25) is 0 Å². The third-order valence-electron chi connectivity index (χ3n) is 2.76. The second-order valence-electron chi connectivity index (χ2n) is 4.33. The summed E-state index contributed by atoms with van der Waals surface area (Å²) < 4.78 is 6.09.